The summed E-state index contributed by atoms with van der Waals surface area (Å²) < 4.78 is 0. The van der Waals surface area contributed by atoms with Crippen LogP contribution in [0.1, 0.15) is 0 Å². The first-order valence-corrected chi connectivity index (χ1v) is 7.59. The standard InChI is InChI=1S/C16H17N5O3/c22-16(18-13-4-3-7-17-12-13)20-10-8-19(9-11-20)14-5-1-2-6-15(14)21(23)24/h1-7,12H,8-11H2,(H,18,22). The maximum absolute atomic E-state index is 12.2. The van der Waals surface area contributed by atoms with Crippen LogP contribution in [0.25, 0.3) is 0 Å². The molecule has 0 saturated carbocycles. The van der Waals surface area contributed by atoms with Crippen LogP contribution in [0, 0.1) is 10.1 Å². The van der Waals surface area contributed by atoms with Gasteiger partial charge in [-0.1, -0.05) is 12.1 Å². The van der Waals surface area contributed by atoms with Gasteiger partial charge < -0.3 is 15.1 Å². The highest BCUT2D eigenvalue weighted by atomic mass is 16.6. The average molecular weight is 327 g/mol. The summed E-state index contributed by atoms with van der Waals surface area (Å²) in [5.74, 6) is 0. The van der Waals surface area contributed by atoms with Crippen LogP contribution in [-0.4, -0.2) is 47.0 Å². The van der Waals surface area contributed by atoms with Crippen LogP contribution in [0.15, 0.2) is 48.8 Å². The van der Waals surface area contributed by atoms with Gasteiger partial charge >= 0.3 is 6.03 Å². The Kier molecular flexibility index (Phi) is 4.55. The second-order valence-corrected chi connectivity index (χ2v) is 5.39. The number of nitrogens with one attached hydrogen (secondary N) is 1. The van der Waals surface area contributed by atoms with Crippen LogP contribution in [0.5, 0.6) is 0 Å². The van der Waals surface area contributed by atoms with Gasteiger partial charge in [0.2, 0.25) is 0 Å². The van der Waals surface area contributed by atoms with Crippen LogP contribution in [0.3, 0.4) is 0 Å². The van der Waals surface area contributed by atoms with Crippen molar-refractivity contribution in [2.24, 2.45) is 0 Å². The lowest BCUT2D eigenvalue weighted by Crippen LogP contribution is -2.50. The number of piperazine rings is 1. The van der Waals surface area contributed by atoms with Crippen LogP contribution in [0.2, 0.25) is 0 Å². The first kappa shape index (κ1) is 15.7. The number of nitro benzene ring substituents is 1. The van der Waals surface area contributed by atoms with Crippen LogP contribution in [0.4, 0.5) is 21.9 Å². The molecule has 24 heavy (non-hydrogen) atoms. The van der Waals surface area contributed by atoms with Gasteiger partial charge in [-0.25, -0.2) is 4.79 Å². The molecule has 1 aromatic heterocycles. The highest BCUT2D eigenvalue weighted by Gasteiger charge is 2.25. The Morgan fingerprint density at radius 2 is 1.88 bits per heavy atom. The summed E-state index contributed by atoms with van der Waals surface area (Å²) in [5.41, 5.74) is 1.32. The molecule has 0 radical (unpaired) electrons. The molecule has 2 amide bonds. The third-order valence-corrected chi connectivity index (χ3v) is 3.90. The van der Waals surface area contributed by atoms with E-state index in [-0.39, 0.29) is 16.6 Å². The van der Waals surface area contributed by atoms with Crippen molar-refractivity contribution in [3.05, 3.63) is 58.9 Å². The van der Waals surface area contributed by atoms with Gasteiger partial charge in [0.25, 0.3) is 5.69 Å². The number of para-hydroxylation sites is 2. The van der Waals surface area contributed by atoms with Crippen molar-refractivity contribution in [1.29, 1.82) is 0 Å². The topological polar surface area (TPSA) is 91.6 Å². The summed E-state index contributed by atoms with van der Waals surface area (Å²) in [6.07, 6.45) is 3.22. The third kappa shape index (κ3) is 3.43. The van der Waals surface area contributed by atoms with E-state index in [0.717, 1.165) is 0 Å². The predicted octanol–water partition coefficient (Wildman–Crippen LogP) is 2.34. The van der Waals surface area contributed by atoms with E-state index in [4.69, 9.17) is 0 Å². The van der Waals surface area contributed by atoms with Crippen molar-refractivity contribution in [2.45, 2.75) is 0 Å². The zero-order valence-corrected chi connectivity index (χ0v) is 13.0. The van der Waals surface area contributed by atoms with Crippen molar-refractivity contribution >= 4 is 23.1 Å². The molecule has 0 aliphatic carbocycles. The fourth-order valence-electron chi connectivity index (χ4n) is 2.68. The second kappa shape index (κ2) is 6.95. The molecular formula is C16H17N5O3. The number of nitrogens with zero attached hydrogens (tertiary/aromatic N) is 4. The molecule has 0 bridgehead atoms. The predicted molar refractivity (Wildman–Crippen MR) is 90.1 cm³/mol. The molecule has 1 saturated heterocycles. The number of hydrogen-bond acceptors (Lipinski definition) is 5. The molecular weight excluding hydrogens is 310 g/mol. The number of rotatable bonds is 3. The van der Waals surface area contributed by atoms with Crippen molar-refractivity contribution in [3.63, 3.8) is 0 Å². The highest BCUT2D eigenvalue weighted by Crippen LogP contribution is 2.28. The molecule has 2 aromatic rings. The Hall–Kier alpha value is -3.16. The highest BCUT2D eigenvalue weighted by molar-refractivity contribution is 5.89. The lowest BCUT2D eigenvalue weighted by atomic mass is 10.2. The molecule has 3 rings (SSSR count). The molecule has 124 valence electrons. The van der Waals surface area contributed by atoms with E-state index in [1.54, 1.807) is 47.6 Å². The summed E-state index contributed by atoms with van der Waals surface area (Å²) >= 11 is 0. The minimum absolute atomic E-state index is 0.0887. The van der Waals surface area contributed by atoms with Gasteiger partial charge in [-0.05, 0) is 18.2 Å². The Bertz CT molecular complexity index is 730. The lowest BCUT2D eigenvalue weighted by Gasteiger charge is -2.35. The summed E-state index contributed by atoms with van der Waals surface area (Å²) in [5, 5.41) is 13.9. The van der Waals surface area contributed by atoms with Crippen molar-refractivity contribution in [2.75, 3.05) is 36.4 Å². The number of aromatic nitrogens is 1. The van der Waals surface area contributed by atoms with Gasteiger partial charge in [-0.2, -0.15) is 0 Å². The Morgan fingerprint density at radius 1 is 1.12 bits per heavy atom. The van der Waals surface area contributed by atoms with Gasteiger partial charge in [0, 0.05) is 38.4 Å². The smallest absolute Gasteiger partial charge is 0.322 e. The Labute approximate surface area is 138 Å². The number of pyridine rings is 1. The molecule has 1 fully saturated rings. The zero-order chi connectivity index (χ0) is 16.9. The van der Waals surface area contributed by atoms with Gasteiger partial charge in [-0.3, -0.25) is 15.1 Å². The minimum atomic E-state index is -0.378. The lowest BCUT2D eigenvalue weighted by molar-refractivity contribution is -0.384. The number of carbonyl (C=O) groups excluding carboxylic acids is 1. The molecule has 1 aromatic carbocycles. The largest absolute Gasteiger partial charge is 0.362 e. The van der Waals surface area contributed by atoms with Gasteiger partial charge in [-0.15, -0.1) is 0 Å². The van der Waals surface area contributed by atoms with Gasteiger partial charge in [0.05, 0.1) is 16.8 Å². The molecule has 2 heterocycles. The summed E-state index contributed by atoms with van der Waals surface area (Å²) in [6.45, 7) is 2.09. The van der Waals surface area contributed by atoms with Crippen molar-refractivity contribution in [1.82, 2.24) is 9.88 Å². The number of urea groups is 1. The summed E-state index contributed by atoms with van der Waals surface area (Å²) in [6, 6.07) is 10.0. The number of carbonyl (C=O) groups is 1. The fourth-order valence-corrected chi connectivity index (χ4v) is 2.68. The fraction of sp³-hybridized carbons (Fsp3) is 0.250. The average Bonchev–Trinajstić information content (AvgIpc) is 2.62. The normalized spacial score (nSPS) is 14.3. The van der Waals surface area contributed by atoms with E-state index in [1.807, 2.05) is 4.90 Å². The van der Waals surface area contributed by atoms with E-state index < -0.39 is 0 Å². The number of nitro groups is 1. The van der Waals surface area contributed by atoms with E-state index in [9.17, 15) is 14.9 Å². The van der Waals surface area contributed by atoms with Gasteiger partial charge in [0.15, 0.2) is 0 Å². The van der Waals surface area contributed by atoms with E-state index in [2.05, 4.69) is 10.3 Å². The number of benzene rings is 1. The van der Waals surface area contributed by atoms with E-state index in [1.165, 1.54) is 6.07 Å². The van der Waals surface area contributed by atoms with Crippen LogP contribution in [-0.2, 0) is 0 Å². The monoisotopic (exact) mass is 327 g/mol. The van der Waals surface area contributed by atoms with Crippen LogP contribution < -0.4 is 10.2 Å². The quantitative estimate of drug-likeness (QED) is 0.690. The first-order chi connectivity index (χ1) is 11.6. The number of hydrogen-bond donors (Lipinski definition) is 1. The number of amides is 2. The molecule has 8 heteroatoms. The SMILES string of the molecule is O=C(Nc1cccnc1)N1CCN(c2ccccc2[N+](=O)[O-])CC1. The van der Waals surface area contributed by atoms with Crippen LogP contribution >= 0.6 is 0 Å². The molecule has 1 N–H and O–H groups in total. The first-order valence-electron chi connectivity index (χ1n) is 7.59. The molecule has 1 aliphatic rings. The molecule has 0 spiro atoms. The van der Waals surface area contributed by atoms with E-state index >= 15 is 0 Å². The molecule has 0 unspecified atom stereocenters. The molecule has 0 atom stereocenters. The summed E-state index contributed by atoms with van der Waals surface area (Å²) in [4.78, 5) is 30.6. The Morgan fingerprint density at radius 3 is 2.54 bits per heavy atom. The van der Waals surface area contributed by atoms with Gasteiger partial charge in [0.1, 0.15) is 5.69 Å². The zero-order valence-electron chi connectivity index (χ0n) is 13.0. The Balaban J connectivity index is 1.62. The second-order valence-electron chi connectivity index (χ2n) is 5.39. The molecule has 8 nitrogen and oxygen atoms in total. The van der Waals surface area contributed by atoms with Crippen molar-refractivity contribution < 1.29 is 9.72 Å². The van der Waals surface area contributed by atoms with Crippen molar-refractivity contribution in [3.8, 4) is 0 Å². The van der Waals surface area contributed by atoms with E-state index in [0.29, 0.717) is 37.6 Å². The maximum atomic E-state index is 12.2. The number of anilines is 2. The third-order valence-electron chi connectivity index (χ3n) is 3.90. The summed E-state index contributed by atoms with van der Waals surface area (Å²) in [7, 11) is 0. The molecule has 1 aliphatic heterocycles. The maximum Gasteiger partial charge on any atom is 0.322 e. The minimum Gasteiger partial charge on any atom is -0.362 e.